The number of hydrogen-bond donors (Lipinski definition) is 1. The van der Waals surface area contributed by atoms with Crippen molar-refractivity contribution in [1.29, 1.82) is 0 Å². The molecule has 0 aliphatic heterocycles. The van der Waals surface area contributed by atoms with Gasteiger partial charge in [0.25, 0.3) is 0 Å². The van der Waals surface area contributed by atoms with Gasteiger partial charge in [-0.2, -0.15) is 0 Å². The smallest absolute Gasteiger partial charge is 0.335 e. The van der Waals surface area contributed by atoms with Gasteiger partial charge in [0.1, 0.15) is 11.5 Å². The molecular formula is C24H19FN2O2. The Bertz CT molecular complexity index is 1270. The molecule has 0 aliphatic carbocycles. The van der Waals surface area contributed by atoms with Crippen LogP contribution in [0.3, 0.4) is 0 Å². The normalized spacial score (nSPS) is 11.4. The van der Waals surface area contributed by atoms with Crippen LogP contribution in [0, 0.1) is 12.7 Å². The van der Waals surface area contributed by atoms with Crippen molar-refractivity contribution >= 4 is 17.7 Å². The van der Waals surface area contributed by atoms with E-state index in [0.717, 1.165) is 22.4 Å². The van der Waals surface area contributed by atoms with E-state index in [9.17, 15) is 14.3 Å². The van der Waals surface area contributed by atoms with Gasteiger partial charge in [0.15, 0.2) is 0 Å². The third kappa shape index (κ3) is 3.31. The number of allylic oxidation sites excluding steroid dienone is 1. The monoisotopic (exact) mass is 386 g/mol. The van der Waals surface area contributed by atoms with Gasteiger partial charge in [0.05, 0.1) is 11.3 Å². The Balaban J connectivity index is 1.90. The van der Waals surface area contributed by atoms with Crippen LogP contribution < -0.4 is 0 Å². The van der Waals surface area contributed by atoms with E-state index in [4.69, 9.17) is 0 Å². The molecule has 144 valence electrons. The minimum atomic E-state index is -1.00. The van der Waals surface area contributed by atoms with Crippen molar-refractivity contribution in [1.82, 2.24) is 9.38 Å². The van der Waals surface area contributed by atoms with Crippen molar-refractivity contribution in [2.24, 2.45) is 0 Å². The van der Waals surface area contributed by atoms with E-state index in [-0.39, 0.29) is 11.4 Å². The number of imidazole rings is 1. The summed E-state index contributed by atoms with van der Waals surface area (Å²) in [7, 11) is 0. The number of carboxylic acids is 1. The van der Waals surface area contributed by atoms with Crippen molar-refractivity contribution < 1.29 is 14.3 Å². The Kier molecular flexibility index (Phi) is 4.72. The van der Waals surface area contributed by atoms with Gasteiger partial charge in [0.2, 0.25) is 0 Å². The van der Waals surface area contributed by atoms with Gasteiger partial charge in [-0.05, 0) is 43.2 Å². The van der Waals surface area contributed by atoms with Crippen molar-refractivity contribution in [3.63, 3.8) is 0 Å². The molecule has 0 saturated heterocycles. The summed E-state index contributed by atoms with van der Waals surface area (Å²) in [6.07, 6.45) is 5.42. The highest BCUT2D eigenvalue weighted by Gasteiger charge is 2.17. The van der Waals surface area contributed by atoms with E-state index in [0.29, 0.717) is 16.9 Å². The number of aryl methyl sites for hydroxylation is 1. The second-order valence-electron chi connectivity index (χ2n) is 6.78. The van der Waals surface area contributed by atoms with E-state index in [1.54, 1.807) is 18.3 Å². The molecule has 1 N–H and O–H groups in total. The molecule has 4 aromatic rings. The number of hydrogen-bond acceptors (Lipinski definition) is 2. The molecule has 0 radical (unpaired) electrons. The van der Waals surface area contributed by atoms with Crippen LogP contribution in [0.25, 0.3) is 34.1 Å². The topological polar surface area (TPSA) is 54.6 Å². The fourth-order valence-corrected chi connectivity index (χ4v) is 3.53. The van der Waals surface area contributed by atoms with Crippen molar-refractivity contribution in [2.75, 3.05) is 0 Å². The molecule has 2 heterocycles. The maximum absolute atomic E-state index is 14.9. The first-order valence-electron chi connectivity index (χ1n) is 9.23. The predicted octanol–water partition coefficient (Wildman–Crippen LogP) is 5.85. The lowest BCUT2D eigenvalue weighted by atomic mass is 9.95. The quantitative estimate of drug-likeness (QED) is 0.479. The zero-order valence-electron chi connectivity index (χ0n) is 16.1. The Morgan fingerprint density at radius 3 is 2.52 bits per heavy atom. The van der Waals surface area contributed by atoms with Crippen LogP contribution in [0.15, 0.2) is 66.9 Å². The maximum Gasteiger partial charge on any atom is 0.335 e. The van der Waals surface area contributed by atoms with Gasteiger partial charge in [-0.3, -0.25) is 0 Å². The summed E-state index contributed by atoms with van der Waals surface area (Å²) >= 11 is 0. The second-order valence-corrected chi connectivity index (χ2v) is 6.78. The molecule has 0 aliphatic rings. The van der Waals surface area contributed by atoms with Crippen molar-refractivity contribution in [3.8, 4) is 22.4 Å². The van der Waals surface area contributed by atoms with E-state index < -0.39 is 5.97 Å². The van der Waals surface area contributed by atoms with Gasteiger partial charge in [-0.25, -0.2) is 14.2 Å². The third-order valence-corrected chi connectivity index (χ3v) is 4.94. The van der Waals surface area contributed by atoms with Gasteiger partial charge in [-0.1, -0.05) is 48.6 Å². The van der Waals surface area contributed by atoms with E-state index in [1.807, 2.05) is 60.7 Å². The number of rotatable bonds is 4. The summed E-state index contributed by atoms with van der Waals surface area (Å²) in [5.41, 5.74) is 5.09. The first-order chi connectivity index (χ1) is 14.0. The van der Waals surface area contributed by atoms with Crippen LogP contribution in [-0.4, -0.2) is 20.5 Å². The lowest BCUT2D eigenvalue weighted by Crippen LogP contribution is -1.97. The lowest BCUT2D eigenvalue weighted by Gasteiger charge is -2.10. The lowest BCUT2D eigenvalue weighted by molar-refractivity contribution is 0.0697. The number of aromatic nitrogens is 2. The number of nitrogens with zero attached hydrogens (tertiary/aromatic N) is 2. The van der Waals surface area contributed by atoms with Crippen LogP contribution >= 0.6 is 0 Å². The largest absolute Gasteiger partial charge is 0.478 e. The van der Waals surface area contributed by atoms with Gasteiger partial charge < -0.3 is 9.51 Å². The van der Waals surface area contributed by atoms with E-state index in [2.05, 4.69) is 4.98 Å². The Morgan fingerprint density at radius 2 is 1.83 bits per heavy atom. The molecule has 4 nitrogen and oxygen atoms in total. The van der Waals surface area contributed by atoms with Crippen LogP contribution in [0.1, 0.15) is 28.5 Å². The Morgan fingerprint density at radius 1 is 1.07 bits per heavy atom. The summed E-state index contributed by atoms with van der Waals surface area (Å²) in [6, 6.07) is 15.8. The maximum atomic E-state index is 14.9. The number of pyridine rings is 1. The molecule has 0 bridgehead atoms. The first-order valence-corrected chi connectivity index (χ1v) is 9.23. The molecule has 5 heteroatoms. The third-order valence-electron chi connectivity index (χ3n) is 4.94. The van der Waals surface area contributed by atoms with Crippen molar-refractivity contribution in [2.45, 2.75) is 13.8 Å². The Hall–Kier alpha value is -3.73. The molecule has 0 atom stereocenters. The molecule has 2 aromatic heterocycles. The summed E-state index contributed by atoms with van der Waals surface area (Å²) in [5, 5.41) is 9.24. The number of carboxylic acid groups (broad SMARTS) is 1. The summed E-state index contributed by atoms with van der Waals surface area (Å²) < 4.78 is 16.7. The molecule has 0 fully saturated rings. The molecule has 29 heavy (non-hydrogen) atoms. The van der Waals surface area contributed by atoms with E-state index in [1.165, 1.54) is 12.1 Å². The average Bonchev–Trinajstić information content (AvgIpc) is 3.04. The van der Waals surface area contributed by atoms with E-state index >= 15 is 0 Å². The highest BCUT2D eigenvalue weighted by Crippen LogP contribution is 2.35. The predicted molar refractivity (Wildman–Crippen MR) is 112 cm³/mol. The average molecular weight is 386 g/mol. The van der Waals surface area contributed by atoms with Crippen molar-refractivity contribution in [3.05, 3.63) is 89.5 Å². The fraction of sp³-hybridized carbons (Fsp3) is 0.0833. The standard InChI is InChI=1S/C24H19FN2O2/c1-3-6-16-9-10-19(21(25)13-16)18-7-4-5-8-20(18)23-15(2)27-12-11-17(24(28)29)14-22(27)26-23/h3-14H,1-2H3,(H,28,29)/b6-3+. The summed E-state index contributed by atoms with van der Waals surface area (Å²) in [5.74, 6) is -1.30. The van der Waals surface area contributed by atoms with Gasteiger partial charge in [-0.15, -0.1) is 0 Å². The fourth-order valence-electron chi connectivity index (χ4n) is 3.53. The SMILES string of the molecule is C/C=C/c1ccc(-c2ccccc2-c2nc3cc(C(=O)O)ccn3c2C)c(F)c1. The number of benzene rings is 2. The number of fused-ring (bicyclic) bond motifs is 1. The number of aromatic carboxylic acids is 1. The molecule has 0 unspecified atom stereocenters. The molecular weight excluding hydrogens is 367 g/mol. The minimum Gasteiger partial charge on any atom is -0.478 e. The van der Waals surface area contributed by atoms with Gasteiger partial charge >= 0.3 is 5.97 Å². The minimum absolute atomic E-state index is 0.174. The molecule has 2 aromatic carbocycles. The zero-order chi connectivity index (χ0) is 20.5. The van der Waals surface area contributed by atoms with Crippen LogP contribution in [-0.2, 0) is 0 Å². The number of carbonyl (C=O) groups is 1. The van der Waals surface area contributed by atoms with Gasteiger partial charge in [0, 0.05) is 23.0 Å². The molecule has 0 spiro atoms. The van der Waals surface area contributed by atoms with Crippen LogP contribution in [0.2, 0.25) is 0 Å². The van der Waals surface area contributed by atoms with Crippen LogP contribution in [0.4, 0.5) is 4.39 Å². The molecule has 0 saturated carbocycles. The second kappa shape index (κ2) is 7.36. The Labute approximate surface area is 167 Å². The molecule has 0 amide bonds. The number of halogens is 1. The molecule has 4 rings (SSSR count). The first kappa shape index (κ1) is 18.6. The highest BCUT2D eigenvalue weighted by molar-refractivity contribution is 5.89. The van der Waals surface area contributed by atoms with Crippen LogP contribution in [0.5, 0.6) is 0 Å². The summed E-state index contributed by atoms with van der Waals surface area (Å²) in [6.45, 7) is 3.81. The highest BCUT2D eigenvalue weighted by atomic mass is 19.1. The zero-order valence-corrected chi connectivity index (χ0v) is 16.1. The summed E-state index contributed by atoms with van der Waals surface area (Å²) in [4.78, 5) is 15.9.